The molecule has 0 saturated carbocycles. The number of likely N-dealkylation sites (N-methyl/N-ethyl adjacent to an activating group) is 1. The lowest BCUT2D eigenvalue weighted by Gasteiger charge is -2.26. The number of amides is 1. The zero-order valence-corrected chi connectivity index (χ0v) is 9.36. The Bertz CT molecular complexity index is 174. The highest BCUT2D eigenvalue weighted by Gasteiger charge is 2.20. The van der Waals surface area contributed by atoms with Crippen molar-refractivity contribution in [3.63, 3.8) is 0 Å². The molecule has 0 aliphatic carbocycles. The number of nitrogens with two attached hydrogens (primary N) is 1. The number of nitrogens with zero attached hydrogens (tertiary/aromatic N) is 1. The Kier molecular flexibility index (Phi) is 6.49. The molecule has 4 nitrogen and oxygen atoms in total. The first-order valence-electron chi connectivity index (χ1n) is 5.17. The third kappa shape index (κ3) is 4.07. The molecule has 0 aliphatic rings. The summed E-state index contributed by atoms with van der Waals surface area (Å²) in [6.07, 6.45) is 2.73. The van der Waals surface area contributed by atoms with Crippen LogP contribution in [0.25, 0.3) is 0 Å². The fourth-order valence-corrected chi connectivity index (χ4v) is 1.15. The Morgan fingerprint density at radius 3 is 2.57 bits per heavy atom. The zero-order valence-electron chi connectivity index (χ0n) is 9.36. The van der Waals surface area contributed by atoms with Crippen LogP contribution < -0.4 is 5.73 Å². The quantitative estimate of drug-likeness (QED) is 0.653. The van der Waals surface area contributed by atoms with E-state index in [-0.39, 0.29) is 18.6 Å². The van der Waals surface area contributed by atoms with Gasteiger partial charge in [0.25, 0.3) is 0 Å². The minimum Gasteiger partial charge on any atom is -0.394 e. The van der Waals surface area contributed by atoms with E-state index < -0.39 is 6.04 Å². The second-order valence-electron chi connectivity index (χ2n) is 3.73. The third-order valence-corrected chi connectivity index (χ3v) is 2.46. The Hall–Kier alpha value is -0.610. The molecule has 1 amide bonds. The average Bonchev–Trinajstić information content (AvgIpc) is 2.22. The molecule has 14 heavy (non-hydrogen) atoms. The lowest BCUT2D eigenvalue weighted by molar-refractivity contribution is -0.134. The number of aliphatic hydroxyl groups is 1. The molecule has 0 saturated heterocycles. The van der Waals surface area contributed by atoms with Crippen LogP contribution in [0.15, 0.2) is 0 Å². The predicted octanol–water partition coefficient (Wildman–Crippen LogP) is 0.343. The molecule has 0 aliphatic heterocycles. The Labute approximate surface area is 86.1 Å². The van der Waals surface area contributed by atoms with Crippen molar-refractivity contribution in [1.29, 1.82) is 0 Å². The molecule has 3 N–H and O–H groups in total. The molecule has 84 valence electrons. The Balaban J connectivity index is 4.03. The van der Waals surface area contributed by atoms with Crippen LogP contribution in [0, 0.1) is 0 Å². The van der Waals surface area contributed by atoms with Crippen molar-refractivity contribution in [3.05, 3.63) is 0 Å². The van der Waals surface area contributed by atoms with Gasteiger partial charge >= 0.3 is 0 Å². The van der Waals surface area contributed by atoms with Gasteiger partial charge in [-0.15, -0.1) is 0 Å². The van der Waals surface area contributed by atoms with Crippen molar-refractivity contribution in [2.75, 3.05) is 13.7 Å². The molecule has 0 heterocycles. The van der Waals surface area contributed by atoms with Crippen LogP contribution in [-0.4, -0.2) is 41.7 Å². The van der Waals surface area contributed by atoms with Gasteiger partial charge in [0.05, 0.1) is 18.7 Å². The molecule has 0 spiro atoms. The van der Waals surface area contributed by atoms with E-state index in [2.05, 4.69) is 6.92 Å². The predicted molar refractivity (Wildman–Crippen MR) is 56.8 cm³/mol. The minimum absolute atomic E-state index is 0.0251. The van der Waals surface area contributed by atoms with Crippen molar-refractivity contribution < 1.29 is 9.90 Å². The highest BCUT2D eigenvalue weighted by Crippen LogP contribution is 2.04. The normalized spacial score (nSPS) is 14.9. The molecule has 4 heteroatoms. The maximum atomic E-state index is 11.6. The van der Waals surface area contributed by atoms with Gasteiger partial charge in [0.2, 0.25) is 5.91 Å². The van der Waals surface area contributed by atoms with Crippen molar-refractivity contribution in [3.8, 4) is 0 Å². The van der Waals surface area contributed by atoms with Gasteiger partial charge < -0.3 is 15.7 Å². The molecule has 2 unspecified atom stereocenters. The lowest BCUT2D eigenvalue weighted by Crippen LogP contribution is -2.46. The standard InChI is InChI=1S/C10H22N2O2/c1-4-5-6-9(11)10(14)12(3)8(2)7-13/h8-9,13H,4-7,11H2,1-3H3. The minimum atomic E-state index is -0.422. The summed E-state index contributed by atoms with van der Waals surface area (Å²) in [7, 11) is 1.68. The summed E-state index contributed by atoms with van der Waals surface area (Å²) in [5, 5.41) is 8.88. The topological polar surface area (TPSA) is 66.6 Å². The second-order valence-corrected chi connectivity index (χ2v) is 3.73. The summed E-state index contributed by atoms with van der Waals surface area (Å²) in [5.41, 5.74) is 5.72. The van der Waals surface area contributed by atoms with E-state index in [1.807, 2.05) is 0 Å². The number of hydrogen-bond donors (Lipinski definition) is 2. The fraction of sp³-hybridized carbons (Fsp3) is 0.900. The lowest BCUT2D eigenvalue weighted by atomic mass is 10.1. The van der Waals surface area contributed by atoms with E-state index in [0.29, 0.717) is 0 Å². The second kappa shape index (κ2) is 6.79. The zero-order chi connectivity index (χ0) is 11.1. The number of carbonyl (C=O) groups is 1. The van der Waals surface area contributed by atoms with Crippen molar-refractivity contribution in [2.45, 2.75) is 45.2 Å². The number of rotatable bonds is 6. The highest BCUT2D eigenvalue weighted by atomic mass is 16.3. The first kappa shape index (κ1) is 13.4. The van der Waals surface area contributed by atoms with Gasteiger partial charge in [-0.25, -0.2) is 0 Å². The van der Waals surface area contributed by atoms with Crippen molar-refractivity contribution >= 4 is 5.91 Å². The summed E-state index contributed by atoms with van der Waals surface area (Å²) in [4.78, 5) is 13.2. The fourth-order valence-electron chi connectivity index (χ4n) is 1.15. The molecule has 0 aromatic heterocycles. The van der Waals surface area contributed by atoms with Gasteiger partial charge in [-0.05, 0) is 13.3 Å². The van der Waals surface area contributed by atoms with E-state index in [1.54, 1.807) is 14.0 Å². The molecule has 0 aromatic carbocycles. The van der Waals surface area contributed by atoms with Gasteiger partial charge in [-0.3, -0.25) is 4.79 Å². The first-order chi connectivity index (χ1) is 6.54. The first-order valence-corrected chi connectivity index (χ1v) is 5.17. The maximum absolute atomic E-state index is 11.6. The van der Waals surface area contributed by atoms with E-state index in [0.717, 1.165) is 19.3 Å². The highest BCUT2D eigenvalue weighted by molar-refractivity contribution is 5.81. The molecule has 0 fully saturated rings. The molecule has 0 rings (SSSR count). The summed E-state index contributed by atoms with van der Waals surface area (Å²) >= 11 is 0. The van der Waals surface area contributed by atoms with Crippen molar-refractivity contribution in [2.24, 2.45) is 5.73 Å². The number of aliphatic hydroxyl groups excluding tert-OH is 1. The number of carbonyl (C=O) groups excluding carboxylic acids is 1. The average molecular weight is 202 g/mol. The summed E-state index contributed by atoms with van der Waals surface area (Å²) in [6, 6.07) is -0.580. The van der Waals surface area contributed by atoms with Gasteiger partial charge in [-0.2, -0.15) is 0 Å². The van der Waals surface area contributed by atoms with E-state index >= 15 is 0 Å². The van der Waals surface area contributed by atoms with E-state index in [1.165, 1.54) is 4.90 Å². The van der Waals surface area contributed by atoms with Gasteiger partial charge in [0.15, 0.2) is 0 Å². The third-order valence-electron chi connectivity index (χ3n) is 2.46. The largest absolute Gasteiger partial charge is 0.394 e. The molecular formula is C10H22N2O2. The molecule has 0 bridgehead atoms. The molecular weight excluding hydrogens is 180 g/mol. The van der Waals surface area contributed by atoms with Crippen LogP contribution in [0.1, 0.15) is 33.1 Å². The van der Waals surface area contributed by atoms with Gasteiger partial charge in [0, 0.05) is 7.05 Å². The SMILES string of the molecule is CCCCC(N)C(=O)N(C)C(C)CO. The van der Waals surface area contributed by atoms with E-state index in [9.17, 15) is 4.79 Å². The van der Waals surface area contributed by atoms with Crippen LogP contribution >= 0.6 is 0 Å². The number of hydrogen-bond acceptors (Lipinski definition) is 3. The van der Waals surface area contributed by atoms with Crippen LogP contribution in [0.2, 0.25) is 0 Å². The van der Waals surface area contributed by atoms with Crippen LogP contribution in [0.5, 0.6) is 0 Å². The van der Waals surface area contributed by atoms with Gasteiger partial charge in [-0.1, -0.05) is 19.8 Å². The van der Waals surface area contributed by atoms with Crippen LogP contribution in [0.4, 0.5) is 0 Å². The summed E-state index contributed by atoms with van der Waals surface area (Å²) in [6.45, 7) is 3.84. The molecule has 2 atom stereocenters. The Morgan fingerprint density at radius 2 is 2.14 bits per heavy atom. The molecule has 0 radical (unpaired) electrons. The van der Waals surface area contributed by atoms with E-state index in [4.69, 9.17) is 10.8 Å². The van der Waals surface area contributed by atoms with Gasteiger partial charge in [0.1, 0.15) is 0 Å². The Morgan fingerprint density at radius 1 is 1.57 bits per heavy atom. The smallest absolute Gasteiger partial charge is 0.239 e. The maximum Gasteiger partial charge on any atom is 0.239 e. The molecule has 0 aromatic rings. The summed E-state index contributed by atoms with van der Waals surface area (Å²) < 4.78 is 0. The number of unbranched alkanes of at least 4 members (excludes halogenated alkanes) is 1. The van der Waals surface area contributed by atoms with Crippen molar-refractivity contribution in [1.82, 2.24) is 4.90 Å². The van der Waals surface area contributed by atoms with Crippen LogP contribution in [0.3, 0.4) is 0 Å². The monoisotopic (exact) mass is 202 g/mol. The summed E-state index contributed by atoms with van der Waals surface area (Å²) in [5.74, 6) is -0.0833. The van der Waals surface area contributed by atoms with Crippen LogP contribution in [-0.2, 0) is 4.79 Å².